The number of para-hydroxylation sites is 1. The van der Waals surface area contributed by atoms with E-state index in [1.54, 1.807) is 31.2 Å². The normalized spacial score (nSPS) is 10.5. The van der Waals surface area contributed by atoms with Crippen LogP contribution in [0.25, 0.3) is 0 Å². The van der Waals surface area contributed by atoms with Crippen LogP contribution in [-0.2, 0) is 6.42 Å². The molecule has 27 heavy (non-hydrogen) atoms. The summed E-state index contributed by atoms with van der Waals surface area (Å²) < 4.78 is 13.6. The minimum Gasteiger partial charge on any atom is -0.350 e. The second-order valence-corrected chi connectivity index (χ2v) is 6.26. The van der Waals surface area contributed by atoms with Gasteiger partial charge >= 0.3 is 0 Å². The van der Waals surface area contributed by atoms with Crippen molar-refractivity contribution < 1.29 is 9.18 Å². The predicted octanol–water partition coefficient (Wildman–Crippen LogP) is 3.95. The Balaban J connectivity index is 1.67. The average Bonchev–Trinajstić information content (AvgIpc) is 2.64. The molecule has 138 valence electrons. The highest BCUT2D eigenvalue weighted by Crippen LogP contribution is 2.18. The lowest BCUT2D eigenvalue weighted by Crippen LogP contribution is -2.27. The summed E-state index contributed by atoms with van der Waals surface area (Å²) in [6.45, 7) is 4.11. The molecule has 0 spiro atoms. The number of halogens is 1. The first-order valence-corrected chi connectivity index (χ1v) is 8.73. The van der Waals surface area contributed by atoms with Gasteiger partial charge in [0.1, 0.15) is 11.5 Å². The van der Waals surface area contributed by atoms with Gasteiger partial charge in [-0.15, -0.1) is 0 Å². The number of hydrogen-bond acceptors (Lipinski definition) is 4. The van der Waals surface area contributed by atoms with Gasteiger partial charge in [0.15, 0.2) is 0 Å². The van der Waals surface area contributed by atoms with Gasteiger partial charge in [-0.25, -0.2) is 14.4 Å². The fourth-order valence-electron chi connectivity index (χ4n) is 2.68. The zero-order valence-corrected chi connectivity index (χ0v) is 15.3. The van der Waals surface area contributed by atoms with Gasteiger partial charge in [-0.3, -0.25) is 4.79 Å². The fraction of sp³-hybridized carbons (Fsp3) is 0.190. The van der Waals surface area contributed by atoms with Gasteiger partial charge in [-0.2, -0.15) is 0 Å². The van der Waals surface area contributed by atoms with Gasteiger partial charge < -0.3 is 10.6 Å². The van der Waals surface area contributed by atoms with E-state index in [-0.39, 0.29) is 17.4 Å². The summed E-state index contributed by atoms with van der Waals surface area (Å²) in [5.41, 5.74) is 3.46. The monoisotopic (exact) mass is 364 g/mol. The molecule has 0 aliphatic rings. The smallest absolute Gasteiger partial charge is 0.270 e. The number of benzene rings is 2. The van der Waals surface area contributed by atoms with Gasteiger partial charge in [0.05, 0.1) is 0 Å². The topological polar surface area (TPSA) is 66.9 Å². The molecule has 0 unspecified atom stereocenters. The minimum atomic E-state index is -0.315. The molecule has 3 rings (SSSR count). The molecule has 1 amide bonds. The molecule has 1 heterocycles. The maximum absolute atomic E-state index is 13.6. The molecular weight excluding hydrogens is 343 g/mol. The van der Waals surface area contributed by atoms with Crippen molar-refractivity contribution in [2.45, 2.75) is 20.3 Å². The summed E-state index contributed by atoms with van der Waals surface area (Å²) in [5, 5.41) is 5.93. The van der Waals surface area contributed by atoms with E-state index in [1.807, 2.05) is 31.2 Å². The van der Waals surface area contributed by atoms with Crippen molar-refractivity contribution in [3.8, 4) is 0 Å². The Morgan fingerprint density at radius 1 is 1.04 bits per heavy atom. The van der Waals surface area contributed by atoms with Crippen LogP contribution in [0.2, 0.25) is 0 Å². The summed E-state index contributed by atoms with van der Waals surface area (Å²) >= 11 is 0. The van der Waals surface area contributed by atoms with E-state index in [4.69, 9.17) is 0 Å². The van der Waals surface area contributed by atoms with Gasteiger partial charge in [0.25, 0.3) is 5.91 Å². The fourth-order valence-corrected chi connectivity index (χ4v) is 2.68. The second-order valence-electron chi connectivity index (χ2n) is 6.26. The van der Waals surface area contributed by atoms with E-state index in [1.165, 1.54) is 6.07 Å². The Bertz CT molecular complexity index is 958. The Hall–Kier alpha value is -3.28. The minimum absolute atomic E-state index is 0.269. The molecule has 0 atom stereocenters. The summed E-state index contributed by atoms with van der Waals surface area (Å²) in [6.07, 6.45) is 0.413. The molecule has 2 N–H and O–H groups in total. The molecule has 0 aliphatic carbocycles. The molecule has 0 saturated heterocycles. The van der Waals surface area contributed by atoms with E-state index in [2.05, 4.69) is 20.6 Å². The third kappa shape index (κ3) is 4.88. The number of carbonyl (C=O) groups is 1. The lowest BCUT2D eigenvalue weighted by atomic mass is 10.1. The maximum atomic E-state index is 13.6. The van der Waals surface area contributed by atoms with Crippen LogP contribution in [0, 0.1) is 19.7 Å². The Morgan fingerprint density at radius 3 is 2.56 bits per heavy atom. The average molecular weight is 364 g/mol. The van der Waals surface area contributed by atoms with E-state index < -0.39 is 0 Å². The van der Waals surface area contributed by atoms with E-state index in [9.17, 15) is 9.18 Å². The van der Waals surface area contributed by atoms with Gasteiger partial charge in [-0.05, 0) is 49.6 Å². The number of aromatic nitrogens is 2. The first kappa shape index (κ1) is 18.5. The van der Waals surface area contributed by atoms with Crippen LogP contribution in [0.5, 0.6) is 0 Å². The van der Waals surface area contributed by atoms with Crippen molar-refractivity contribution in [1.82, 2.24) is 15.3 Å². The number of hydrogen-bond donors (Lipinski definition) is 2. The molecule has 0 fully saturated rings. The van der Waals surface area contributed by atoms with Crippen LogP contribution in [0.15, 0.2) is 54.6 Å². The quantitative estimate of drug-likeness (QED) is 0.695. The zero-order chi connectivity index (χ0) is 19.2. The standard InChI is InChI=1S/C21H21FN4O/c1-14-7-3-6-10-18(14)25-21-24-15(2)13-19(26-21)20(27)23-12-11-16-8-4-5-9-17(16)22/h3-10,13H,11-12H2,1-2H3,(H,23,27)(H,24,25,26). The van der Waals surface area contributed by atoms with Crippen molar-refractivity contribution in [1.29, 1.82) is 0 Å². The highest BCUT2D eigenvalue weighted by Gasteiger charge is 2.11. The van der Waals surface area contributed by atoms with Crippen molar-refractivity contribution in [2.24, 2.45) is 0 Å². The summed E-state index contributed by atoms with van der Waals surface area (Å²) in [6, 6.07) is 15.9. The van der Waals surface area contributed by atoms with E-state index >= 15 is 0 Å². The molecule has 5 nitrogen and oxygen atoms in total. The van der Waals surface area contributed by atoms with E-state index in [0.717, 1.165) is 11.3 Å². The van der Waals surface area contributed by atoms with Crippen molar-refractivity contribution >= 4 is 17.5 Å². The van der Waals surface area contributed by atoms with Crippen LogP contribution < -0.4 is 10.6 Å². The van der Waals surface area contributed by atoms with Gasteiger partial charge in [-0.1, -0.05) is 36.4 Å². The van der Waals surface area contributed by atoms with Crippen LogP contribution in [0.1, 0.15) is 27.3 Å². The number of anilines is 2. The first-order chi connectivity index (χ1) is 13.0. The predicted molar refractivity (Wildman–Crippen MR) is 104 cm³/mol. The van der Waals surface area contributed by atoms with Gasteiger partial charge in [0, 0.05) is 17.9 Å². The van der Waals surface area contributed by atoms with Crippen LogP contribution >= 0.6 is 0 Å². The third-order valence-electron chi connectivity index (χ3n) is 4.12. The third-order valence-corrected chi connectivity index (χ3v) is 4.12. The van der Waals surface area contributed by atoms with Crippen molar-refractivity contribution in [3.05, 3.63) is 82.9 Å². The van der Waals surface area contributed by atoms with Crippen LogP contribution in [0.4, 0.5) is 16.0 Å². The molecule has 0 saturated carbocycles. The highest BCUT2D eigenvalue weighted by molar-refractivity contribution is 5.92. The second kappa shape index (κ2) is 8.40. The number of nitrogens with one attached hydrogen (secondary N) is 2. The maximum Gasteiger partial charge on any atom is 0.270 e. The number of aryl methyl sites for hydroxylation is 2. The molecule has 0 bridgehead atoms. The number of nitrogens with zero attached hydrogens (tertiary/aromatic N) is 2. The summed E-state index contributed by atoms with van der Waals surface area (Å²) in [5.74, 6) is -0.220. The summed E-state index contributed by atoms with van der Waals surface area (Å²) in [7, 11) is 0. The van der Waals surface area contributed by atoms with Crippen molar-refractivity contribution in [2.75, 3.05) is 11.9 Å². The first-order valence-electron chi connectivity index (χ1n) is 8.73. The van der Waals surface area contributed by atoms with Crippen LogP contribution in [-0.4, -0.2) is 22.4 Å². The molecular formula is C21H21FN4O. The summed E-state index contributed by atoms with van der Waals surface area (Å²) in [4.78, 5) is 21.1. The lowest BCUT2D eigenvalue weighted by Gasteiger charge is -2.10. The van der Waals surface area contributed by atoms with Crippen LogP contribution in [0.3, 0.4) is 0 Å². The van der Waals surface area contributed by atoms with Crippen molar-refractivity contribution in [3.63, 3.8) is 0 Å². The largest absolute Gasteiger partial charge is 0.350 e. The molecule has 1 aromatic heterocycles. The number of rotatable bonds is 6. The Labute approximate surface area is 157 Å². The Kier molecular flexibility index (Phi) is 5.76. The molecule has 2 aromatic carbocycles. The molecule has 0 aliphatic heterocycles. The zero-order valence-electron chi connectivity index (χ0n) is 15.3. The van der Waals surface area contributed by atoms with E-state index in [0.29, 0.717) is 30.2 Å². The SMILES string of the molecule is Cc1cc(C(=O)NCCc2ccccc2F)nc(Nc2ccccc2C)n1. The molecule has 3 aromatic rings. The highest BCUT2D eigenvalue weighted by atomic mass is 19.1. The molecule has 6 heteroatoms. The number of amides is 1. The Morgan fingerprint density at radius 2 is 1.78 bits per heavy atom. The van der Waals surface area contributed by atoms with Gasteiger partial charge in [0.2, 0.25) is 5.95 Å². The lowest BCUT2D eigenvalue weighted by molar-refractivity contribution is 0.0949. The number of carbonyl (C=O) groups excluding carboxylic acids is 1. The molecule has 0 radical (unpaired) electrons.